The summed E-state index contributed by atoms with van der Waals surface area (Å²) in [5.41, 5.74) is 6.47. The number of morpholine rings is 1. The van der Waals surface area contributed by atoms with Gasteiger partial charge < -0.3 is 15.0 Å². The number of hydrogen-bond donors (Lipinski definition) is 2. The molecule has 0 saturated carbocycles. The Morgan fingerprint density at radius 2 is 1.82 bits per heavy atom. The maximum atomic E-state index is 13.4. The lowest BCUT2D eigenvalue weighted by Crippen LogP contribution is -2.40. The Bertz CT molecular complexity index is 1680. The highest BCUT2D eigenvalue weighted by Gasteiger charge is 2.32. The first kappa shape index (κ1) is 24.7. The molecule has 0 spiro atoms. The van der Waals surface area contributed by atoms with E-state index in [1.165, 1.54) is 4.31 Å². The first-order chi connectivity index (χ1) is 18.3. The number of thiazole rings is 1. The minimum absolute atomic E-state index is 0.232. The average Bonchev–Trinajstić information content (AvgIpc) is 3.61. The molecule has 0 radical (unpaired) electrons. The summed E-state index contributed by atoms with van der Waals surface area (Å²) in [6.45, 7) is 4.92. The van der Waals surface area contributed by atoms with Crippen molar-refractivity contribution in [1.29, 1.82) is 0 Å². The molecular formula is C28H26N4O4S2. The van der Waals surface area contributed by atoms with E-state index in [2.05, 4.69) is 10.3 Å². The summed E-state index contributed by atoms with van der Waals surface area (Å²) in [4.78, 5) is 21.2. The molecule has 4 heterocycles. The molecule has 1 saturated heterocycles. The summed E-state index contributed by atoms with van der Waals surface area (Å²) >= 11 is 1.57. The SMILES string of the molecule is Cc1[nH]c(C=C2C(=O)Nc3ccc(-c4csc(-c5ccccc5)n4)cc32)c(C)c1S(=O)(=O)N1CCOCC1. The molecule has 10 heteroatoms. The van der Waals surface area contributed by atoms with Crippen LogP contribution in [0.4, 0.5) is 5.69 Å². The van der Waals surface area contributed by atoms with Crippen LogP contribution in [0.1, 0.15) is 22.5 Å². The van der Waals surface area contributed by atoms with E-state index >= 15 is 0 Å². The van der Waals surface area contributed by atoms with Crippen LogP contribution in [-0.2, 0) is 19.6 Å². The normalized spacial score (nSPS) is 17.1. The zero-order valence-corrected chi connectivity index (χ0v) is 22.6. The van der Waals surface area contributed by atoms with E-state index in [-0.39, 0.29) is 10.8 Å². The van der Waals surface area contributed by atoms with Gasteiger partial charge in [0.1, 0.15) is 9.90 Å². The van der Waals surface area contributed by atoms with E-state index in [0.29, 0.717) is 54.5 Å². The molecule has 1 amide bonds. The molecule has 6 rings (SSSR count). The minimum atomic E-state index is -3.69. The summed E-state index contributed by atoms with van der Waals surface area (Å²) in [6.07, 6.45) is 1.74. The van der Waals surface area contributed by atoms with Crippen LogP contribution in [0.5, 0.6) is 0 Å². The topological polar surface area (TPSA) is 104 Å². The van der Waals surface area contributed by atoms with Gasteiger partial charge in [-0.1, -0.05) is 36.4 Å². The summed E-state index contributed by atoms with van der Waals surface area (Å²) < 4.78 is 33.6. The molecule has 8 nitrogen and oxygen atoms in total. The van der Waals surface area contributed by atoms with Crippen molar-refractivity contribution >= 4 is 44.6 Å². The largest absolute Gasteiger partial charge is 0.379 e. The fourth-order valence-electron chi connectivity index (χ4n) is 4.96. The number of ether oxygens (including phenoxy) is 1. The third-order valence-electron chi connectivity index (χ3n) is 6.89. The zero-order valence-electron chi connectivity index (χ0n) is 20.9. The summed E-state index contributed by atoms with van der Waals surface area (Å²) in [5.74, 6) is -0.232. The molecule has 2 aromatic heterocycles. The van der Waals surface area contributed by atoms with Gasteiger partial charge in [-0.25, -0.2) is 13.4 Å². The molecule has 2 aromatic carbocycles. The van der Waals surface area contributed by atoms with E-state index in [0.717, 1.165) is 27.4 Å². The molecule has 2 aliphatic heterocycles. The molecule has 38 heavy (non-hydrogen) atoms. The molecule has 2 aliphatic rings. The molecule has 0 unspecified atom stereocenters. The maximum Gasteiger partial charge on any atom is 0.256 e. The second kappa shape index (κ2) is 9.63. The van der Waals surface area contributed by atoms with Gasteiger partial charge >= 0.3 is 0 Å². The fourth-order valence-corrected chi connectivity index (χ4v) is 7.62. The first-order valence-electron chi connectivity index (χ1n) is 12.3. The number of hydrogen-bond acceptors (Lipinski definition) is 6. The molecule has 194 valence electrons. The van der Waals surface area contributed by atoms with Crippen molar-refractivity contribution in [2.45, 2.75) is 18.7 Å². The number of carbonyl (C=O) groups excluding carboxylic acids is 1. The van der Waals surface area contributed by atoms with Crippen molar-refractivity contribution in [3.8, 4) is 21.8 Å². The molecule has 1 fully saturated rings. The van der Waals surface area contributed by atoms with Gasteiger partial charge in [0.25, 0.3) is 5.91 Å². The zero-order chi connectivity index (χ0) is 26.4. The predicted molar refractivity (Wildman–Crippen MR) is 149 cm³/mol. The number of amides is 1. The minimum Gasteiger partial charge on any atom is -0.379 e. The highest BCUT2D eigenvalue weighted by Crippen LogP contribution is 2.38. The van der Waals surface area contributed by atoms with Gasteiger partial charge in [0.05, 0.1) is 24.5 Å². The van der Waals surface area contributed by atoms with Gasteiger partial charge in [0, 0.05) is 52.2 Å². The Labute approximate surface area is 225 Å². The molecule has 0 aliphatic carbocycles. The van der Waals surface area contributed by atoms with E-state index in [9.17, 15) is 13.2 Å². The number of anilines is 1. The number of aromatic amines is 1. The van der Waals surface area contributed by atoms with Crippen LogP contribution in [0.2, 0.25) is 0 Å². The van der Waals surface area contributed by atoms with Gasteiger partial charge in [-0.3, -0.25) is 4.79 Å². The highest BCUT2D eigenvalue weighted by atomic mass is 32.2. The van der Waals surface area contributed by atoms with Crippen LogP contribution in [0, 0.1) is 13.8 Å². The van der Waals surface area contributed by atoms with Crippen LogP contribution < -0.4 is 5.32 Å². The molecular weight excluding hydrogens is 520 g/mol. The Hall–Kier alpha value is -3.57. The quantitative estimate of drug-likeness (QED) is 0.345. The number of H-pyrrole nitrogens is 1. The highest BCUT2D eigenvalue weighted by molar-refractivity contribution is 7.89. The predicted octanol–water partition coefficient (Wildman–Crippen LogP) is 4.94. The molecule has 0 bridgehead atoms. The fraction of sp³-hybridized carbons (Fsp3) is 0.214. The second-order valence-corrected chi connectivity index (χ2v) is 12.0. The number of aromatic nitrogens is 2. The number of aryl methyl sites for hydroxylation is 1. The van der Waals surface area contributed by atoms with Crippen molar-refractivity contribution in [2.24, 2.45) is 0 Å². The van der Waals surface area contributed by atoms with Crippen molar-refractivity contribution in [3.05, 3.63) is 76.4 Å². The molecule has 4 aromatic rings. The van der Waals surface area contributed by atoms with E-state index < -0.39 is 10.0 Å². The van der Waals surface area contributed by atoms with E-state index in [4.69, 9.17) is 9.72 Å². The van der Waals surface area contributed by atoms with Gasteiger partial charge in [-0.2, -0.15) is 4.31 Å². The van der Waals surface area contributed by atoms with Crippen LogP contribution in [0.15, 0.2) is 58.8 Å². The van der Waals surface area contributed by atoms with Crippen molar-refractivity contribution in [2.75, 3.05) is 31.6 Å². The van der Waals surface area contributed by atoms with Crippen LogP contribution in [-0.4, -0.2) is 54.9 Å². The summed E-state index contributed by atoms with van der Waals surface area (Å²) in [7, 11) is -3.69. The molecule has 0 atom stereocenters. The molecule has 2 N–H and O–H groups in total. The third kappa shape index (κ3) is 4.29. The van der Waals surface area contributed by atoms with Crippen LogP contribution in [0.25, 0.3) is 33.5 Å². The first-order valence-corrected chi connectivity index (χ1v) is 14.6. The van der Waals surface area contributed by atoms with E-state index in [1.54, 1.807) is 31.3 Å². The number of benzene rings is 2. The Kier molecular flexibility index (Phi) is 6.27. The second-order valence-electron chi connectivity index (χ2n) is 9.31. The standard InChI is InChI=1S/C28H26N4O4S2/c1-17-24(29-18(2)26(17)38(34,35)32-10-12-36-13-11-32)15-22-21-14-20(8-9-23(21)30-27(22)33)25-16-37-28(31-25)19-6-4-3-5-7-19/h3-9,14-16,29H,10-13H2,1-2H3,(H,30,33). The van der Waals surface area contributed by atoms with Crippen molar-refractivity contribution in [3.63, 3.8) is 0 Å². The van der Waals surface area contributed by atoms with Crippen LogP contribution >= 0.6 is 11.3 Å². The van der Waals surface area contributed by atoms with Crippen LogP contribution in [0.3, 0.4) is 0 Å². The third-order valence-corrected chi connectivity index (χ3v) is 9.95. The lowest BCUT2D eigenvalue weighted by Gasteiger charge is -2.26. The van der Waals surface area contributed by atoms with Crippen molar-refractivity contribution < 1.29 is 17.9 Å². The Morgan fingerprint density at radius 3 is 2.58 bits per heavy atom. The number of nitrogens with one attached hydrogen (secondary N) is 2. The lowest BCUT2D eigenvalue weighted by molar-refractivity contribution is -0.110. The van der Waals surface area contributed by atoms with Gasteiger partial charge in [-0.05, 0) is 37.6 Å². The number of rotatable bonds is 5. The van der Waals surface area contributed by atoms with Gasteiger partial charge in [0.15, 0.2) is 0 Å². The number of carbonyl (C=O) groups is 1. The average molecular weight is 547 g/mol. The van der Waals surface area contributed by atoms with Gasteiger partial charge in [0.2, 0.25) is 10.0 Å². The monoisotopic (exact) mass is 546 g/mol. The smallest absolute Gasteiger partial charge is 0.256 e. The lowest BCUT2D eigenvalue weighted by atomic mass is 10.0. The van der Waals surface area contributed by atoms with Gasteiger partial charge in [-0.15, -0.1) is 11.3 Å². The number of fused-ring (bicyclic) bond motifs is 1. The number of sulfonamides is 1. The number of nitrogens with zero attached hydrogens (tertiary/aromatic N) is 2. The van der Waals surface area contributed by atoms with Crippen molar-refractivity contribution in [1.82, 2.24) is 14.3 Å². The Morgan fingerprint density at radius 1 is 1.05 bits per heavy atom. The Balaban J connectivity index is 1.36. The maximum absolute atomic E-state index is 13.4. The van der Waals surface area contributed by atoms with E-state index in [1.807, 2.05) is 53.9 Å². The summed E-state index contributed by atoms with van der Waals surface area (Å²) in [5, 5.41) is 5.86. The summed E-state index contributed by atoms with van der Waals surface area (Å²) in [6, 6.07) is 15.8.